The summed E-state index contributed by atoms with van der Waals surface area (Å²) in [4.78, 5) is 2.13. The molecule has 1 N–H and O–H groups in total. The number of thioether (sulfide) groups is 1. The van der Waals surface area contributed by atoms with Gasteiger partial charge in [0.2, 0.25) is 0 Å². The Morgan fingerprint density at radius 2 is 2.41 bits per heavy atom. The number of ether oxygens (including phenoxy) is 1. The third kappa shape index (κ3) is 3.18. The molecule has 0 radical (unpaired) electrons. The fourth-order valence-corrected chi connectivity index (χ4v) is 3.02. The second-order valence-electron chi connectivity index (χ2n) is 3.58. The van der Waals surface area contributed by atoms with E-state index in [1.54, 1.807) is 13.2 Å². The number of benzene rings is 1. The van der Waals surface area contributed by atoms with Crippen LogP contribution in [0.25, 0.3) is 0 Å². The van der Waals surface area contributed by atoms with Crippen LogP contribution in [-0.2, 0) is 0 Å². The van der Waals surface area contributed by atoms with Crippen molar-refractivity contribution in [3.8, 4) is 5.75 Å². The van der Waals surface area contributed by atoms with Gasteiger partial charge in [-0.25, -0.2) is 0 Å². The molecule has 0 bridgehead atoms. The van der Waals surface area contributed by atoms with E-state index < -0.39 is 0 Å². The number of halogens is 1. The van der Waals surface area contributed by atoms with Crippen LogP contribution in [0.5, 0.6) is 5.75 Å². The highest BCUT2D eigenvalue weighted by Gasteiger charge is 2.16. The first-order chi connectivity index (χ1) is 8.20. The molecular weight excluding hydrogens is 276 g/mol. The minimum Gasteiger partial charge on any atom is -0.495 e. The van der Waals surface area contributed by atoms with E-state index in [1.165, 1.54) is 0 Å². The Bertz CT molecular complexity index is 422. The number of methoxy groups -OCH3 is 1. The van der Waals surface area contributed by atoms with E-state index in [-0.39, 0.29) is 0 Å². The van der Waals surface area contributed by atoms with Gasteiger partial charge in [0.25, 0.3) is 0 Å². The second-order valence-corrected chi connectivity index (χ2v) is 5.47. The average molecular weight is 289 g/mol. The van der Waals surface area contributed by atoms with Crippen molar-refractivity contribution >= 4 is 46.4 Å². The van der Waals surface area contributed by atoms with E-state index >= 15 is 0 Å². The van der Waals surface area contributed by atoms with Gasteiger partial charge in [-0.15, -0.1) is 11.8 Å². The van der Waals surface area contributed by atoms with Gasteiger partial charge in [-0.3, -0.25) is 0 Å². The lowest BCUT2D eigenvalue weighted by atomic mass is 10.3. The summed E-state index contributed by atoms with van der Waals surface area (Å²) in [5.41, 5.74) is 0.807. The minimum absolute atomic E-state index is 0.659. The van der Waals surface area contributed by atoms with Crippen LogP contribution in [0.1, 0.15) is 0 Å². The van der Waals surface area contributed by atoms with Gasteiger partial charge in [-0.1, -0.05) is 11.6 Å². The molecule has 1 aliphatic heterocycles. The summed E-state index contributed by atoms with van der Waals surface area (Å²) >= 11 is 13.2. The zero-order valence-electron chi connectivity index (χ0n) is 9.40. The summed E-state index contributed by atoms with van der Waals surface area (Å²) in [6, 6.07) is 5.43. The standard InChI is InChI=1S/C11H13ClN2OS2/c1-15-10-3-2-8(12)6-9(10)13-11(16)14-4-5-17-7-14/h2-3,6H,4-5,7H2,1H3,(H,13,16). The van der Waals surface area contributed by atoms with Gasteiger partial charge in [0.15, 0.2) is 5.11 Å². The number of anilines is 1. The number of thiocarbonyl (C=S) groups is 1. The van der Waals surface area contributed by atoms with Crippen LogP contribution in [0.2, 0.25) is 5.02 Å². The van der Waals surface area contributed by atoms with Crippen LogP contribution in [0.15, 0.2) is 18.2 Å². The van der Waals surface area contributed by atoms with Crippen molar-refractivity contribution in [1.82, 2.24) is 4.90 Å². The van der Waals surface area contributed by atoms with Crippen LogP contribution in [0, 0.1) is 0 Å². The van der Waals surface area contributed by atoms with E-state index in [1.807, 2.05) is 23.9 Å². The minimum atomic E-state index is 0.659. The van der Waals surface area contributed by atoms with E-state index in [9.17, 15) is 0 Å². The third-order valence-electron chi connectivity index (χ3n) is 2.44. The quantitative estimate of drug-likeness (QED) is 0.843. The van der Waals surface area contributed by atoms with Gasteiger partial charge in [-0.2, -0.15) is 0 Å². The first-order valence-corrected chi connectivity index (χ1v) is 7.12. The Morgan fingerprint density at radius 3 is 3.06 bits per heavy atom. The Labute approximate surface area is 115 Å². The van der Waals surface area contributed by atoms with Gasteiger partial charge in [0.05, 0.1) is 18.7 Å². The maximum absolute atomic E-state index is 5.96. The fraction of sp³-hybridized carbons (Fsp3) is 0.364. The zero-order chi connectivity index (χ0) is 12.3. The fourth-order valence-electron chi connectivity index (χ4n) is 1.55. The van der Waals surface area contributed by atoms with E-state index in [0.29, 0.717) is 5.02 Å². The molecule has 1 aliphatic rings. The molecule has 0 amide bonds. The molecule has 6 heteroatoms. The smallest absolute Gasteiger partial charge is 0.174 e. The van der Waals surface area contributed by atoms with Crippen molar-refractivity contribution in [3.63, 3.8) is 0 Å². The topological polar surface area (TPSA) is 24.5 Å². The van der Waals surface area contributed by atoms with Crippen molar-refractivity contribution < 1.29 is 4.74 Å². The first kappa shape index (κ1) is 12.8. The monoisotopic (exact) mass is 288 g/mol. The van der Waals surface area contributed by atoms with Crippen molar-refractivity contribution in [2.24, 2.45) is 0 Å². The normalized spacial score (nSPS) is 14.8. The Balaban J connectivity index is 2.11. The molecule has 1 aromatic carbocycles. The number of nitrogens with one attached hydrogen (secondary N) is 1. The molecule has 1 fully saturated rings. The number of nitrogens with zero attached hydrogens (tertiary/aromatic N) is 1. The predicted octanol–water partition coefficient (Wildman–Crippen LogP) is 3.05. The SMILES string of the molecule is COc1ccc(Cl)cc1NC(=S)N1CCSC1. The lowest BCUT2D eigenvalue weighted by Gasteiger charge is -2.20. The molecule has 0 unspecified atom stereocenters. The molecule has 0 saturated carbocycles. The predicted molar refractivity (Wildman–Crippen MR) is 78.3 cm³/mol. The number of rotatable bonds is 2. The Morgan fingerprint density at radius 1 is 1.59 bits per heavy atom. The maximum atomic E-state index is 5.96. The highest BCUT2D eigenvalue weighted by molar-refractivity contribution is 7.99. The van der Waals surface area contributed by atoms with Crippen molar-refractivity contribution in [2.75, 3.05) is 30.6 Å². The molecule has 0 atom stereocenters. The number of hydrogen-bond donors (Lipinski definition) is 1. The number of hydrogen-bond acceptors (Lipinski definition) is 3. The maximum Gasteiger partial charge on any atom is 0.174 e. The molecule has 92 valence electrons. The average Bonchev–Trinajstić information content (AvgIpc) is 2.83. The van der Waals surface area contributed by atoms with E-state index in [2.05, 4.69) is 10.2 Å². The molecule has 2 rings (SSSR count). The van der Waals surface area contributed by atoms with Gasteiger partial charge in [0.1, 0.15) is 5.75 Å². The van der Waals surface area contributed by atoms with Gasteiger partial charge < -0.3 is 15.0 Å². The molecule has 1 saturated heterocycles. The van der Waals surface area contributed by atoms with Crippen LogP contribution >= 0.6 is 35.6 Å². The third-order valence-corrected chi connectivity index (χ3v) is 4.00. The van der Waals surface area contributed by atoms with Crippen LogP contribution in [0.3, 0.4) is 0 Å². The highest BCUT2D eigenvalue weighted by Crippen LogP contribution is 2.28. The second kappa shape index (κ2) is 5.80. The summed E-state index contributed by atoms with van der Waals surface area (Å²) in [7, 11) is 1.63. The largest absolute Gasteiger partial charge is 0.495 e. The highest BCUT2D eigenvalue weighted by atomic mass is 35.5. The van der Waals surface area contributed by atoms with Crippen molar-refractivity contribution in [2.45, 2.75) is 0 Å². The summed E-state index contributed by atoms with van der Waals surface area (Å²) in [6.07, 6.45) is 0. The van der Waals surface area contributed by atoms with Crippen LogP contribution in [-0.4, -0.2) is 35.3 Å². The first-order valence-electron chi connectivity index (χ1n) is 5.18. The lowest BCUT2D eigenvalue weighted by Crippen LogP contribution is -2.32. The zero-order valence-corrected chi connectivity index (χ0v) is 11.8. The molecule has 0 aliphatic carbocycles. The summed E-state index contributed by atoms with van der Waals surface area (Å²) < 4.78 is 5.26. The van der Waals surface area contributed by atoms with Gasteiger partial charge in [-0.05, 0) is 30.4 Å². The molecule has 0 spiro atoms. The van der Waals surface area contributed by atoms with E-state index in [4.69, 9.17) is 28.6 Å². The molecule has 3 nitrogen and oxygen atoms in total. The lowest BCUT2D eigenvalue weighted by molar-refractivity contribution is 0.416. The summed E-state index contributed by atoms with van der Waals surface area (Å²) in [5.74, 6) is 2.80. The Hall–Kier alpha value is -0.650. The molecule has 0 aromatic heterocycles. The molecule has 1 heterocycles. The summed E-state index contributed by atoms with van der Waals surface area (Å²) in [6.45, 7) is 0.985. The molecule has 1 aromatic rings. The van der Waals surface area contributed by atoms with Gasteiger partial charge >= 0.3 is 0 Å². The van der Waals surface area contributed by atoms with Gasteiger partial charge in [0, 0.05) is 17.3 Å². The van der Waals surface area contributed by atoms with Crippen molar-refractivity contribution in [1.29, 1.82) is 0 Å². The Kier molecular flexibility index (Phi) is 4.36. The summed E-state index contributed by atoms with van der Waals surface area (Å²) in [5, 5.41) is 4.56. The molecule has 17 heavy (non-hydrogen) atoms. The molecular formula is C11H13ClN2OS2. The van der Waals surface area contributed by atoms with E-state index in [0.717, 1.165) is 34.7 Å². The van der Waals surface area contributed by atoms with Crippen molar-refractivity contribution in [3.05, 3.63) is 23.2 Å². The van der Waals surface area contributed by atoms with Crippen LogP contribution in [0.4, 0.5) is 5.69 Å². The van der Waals surface area contributed by atoms with Crippen LogP contribution < -0.4 is 10.1 Å².